The smallest absolute Gasteiger partial charge is 0.269 e. The van der Waals surface area contributed by atoms with E-state index < -0.39 is 39.5 Å². The van der Waals surface area contributed by atoms with Crippen molar-refractivity contribution in [3.63, 3.8) is 0 Å². The second-order valence-corrected chi connectivity index (χ2v) is 7.18. The number of hydrogen-bond donors (Lipinski definition) is 1. The molecule has 0 fully saturated rings. The molecular formula is C16H12F2N2O4S. The predicted molar refractivity (Wildman–Crippen MR) is 84.2 cm³/mol. The standard InChI is InChI=1S/C16H12F2N2O4S/c1-9(15(21)19-10-6-7-12(17)13(18)8-10)20-16(22)11-4-2-3-5-14(11)25(20,23)24/h2-9H,1H3,(H,19,21)/t9-/m1/s1. The summed E-state index contributed by atoms with van der Waals surface area (Å²) in [7, 11) is -4.16. The number of carbonyl (C=O) groups excluding carboxylic acids is 2. The zero-order chi connectivity index (χ0) is 18.4. The van der Waals surface area contributed by atoms with Gasteiger partial charge < -0.3 is 5.32 Å². The zero-order valence-electron chi connectivity index (χ0n) is 12.9. The quantitative estimate of drug-likeness (QED) is 0.902. The average molecular weight is 366 g/mol. The van der Waals surface area contributed by atoms with E-state index in [1.165, 1.54) is 31.2 Å². The summed E-state index contributed by atoms with van der Waals surface area (Å²) in [6, 6.07) is 6.95. The van der Waals surface area contributed by atoms with Gasteiger partial charge in [0.1, 0.15) is 10.9 Å². The number of hydrogen-bond acceptors (Lipinski definition) is 4. The van der Waals surface area contributed by atoms with Gasteiger partial charge in [-0.2, -0.15) is 0 Å². The van der Waals surface area contributed by atoms with Crippen LogP contribution in [-0.2, 0) is 14.8 Å². The number of anilines is 1. The number of rotatable bonds is 3. The van der Waals surface area contributed by atoms with Gasteiger partial charge in [-0.15, -0.1) is 0 Å². The van der Waals surface area contributed by atoms with Crippen LogP contribution in [0.1, 0.15) is 17.3 Å². The van der Waals surface area contributed by atoms with E-state index in [1.54, 1.807) is 0 Å². The molecule has 1 aliphatic heterocycles. The second kappa shape index (κ2) is 5.92. The minimum absolute atomic E-state index is 0.0185. The molecule has 2 aromatic carbocycles. The van der Waals surface area contributed by atoms with Crippen molar-refractivity contribution in [2.24, 2.45) is 0 Å². The van der Waals surface area contributed by atoms with Crippen molar-refractivity contribution in [2.45, 2.75) is 17.9 Å². The maximum absolute atomic E-state index is 13.2. The Bertz CT molecular complexity index is 991. The van der Waals surface area contributed by atoms with Crippen molar-refractivity contribution in [2.75, 3.05) is 5.32 Å². The van der Waals surface area contributed by atoms with Gasteiger partial charge in [-0.1, -0.05) is 12.1 Å². The third kappa shape index (κ3) is 2.76. The van der Waals surface area contributed by atoms with Gasteiger partial charge in [-0.05, 0) is 31.2 Å². The molecule has 9 heteroatoms. The Kier molecular flexibility index (Phi) is 4.03. The maximum Gasteiger partial charge on any atom is 0.269 e. The lowest BCUT2D eigenvalue weighted by Gasteiger charge is -2.22. The third-order valence-electron chi connectivity index (χ3n) is 3.77. The van der Waals surface area contributed by atoms with Gasteiger partial charge in [0.05, 0.1) is 5.56 Å². The Morgan fingerprint density at radius 1 is 1.12 bits per heavy atom. The van der Waals surface area contributed by atoms with Crippen molar-refractivity contribution < 1.29 is 26.8 Å². The molecule has 1 heterocycles. The van der Waals surface area contributed by atoms with E-state index in [-0.39, 0.29) is 16.1 Å². The van der Waals surface area contributed by atoms with E-state index in [2.05, 4.69) is 5.32 Å². The Morgan fingerprint density at radius 2 is 1.80 bits per heavy atom. The molecule has 130 valence electrons. The van der Waals surface area contributed by atoms with Gasteiger partial charge in [0.15, 0.2) is 11.6 Å². The lowest BCUT2D eigenvalue weighted by molar-refractivity contribution is -0.118. The molecule has 2 amide bonds. The summed E-state index contributed by atoms with van der Waals surface area (Å²) < 4.78 is 51.6. The number of sulfonamides is 1. The van der Waals surface area contributed by atoms with Crippen LogP contribution < -0.4 is 5.32 Å². The molecule has 3 rings (SSSR count). The first-order valence-electron chi connectivity index (χ1n) is 7.17. The van der Waals surface area contributed by atoms with E-state index in [9.17, 15) is 26.8 Å². The van der Waals surface area contributed by atoms with Gasteiger partial charge in [0, 0.05) is 11.8 Å². The van der Waals surface area contributed by atoms with Crippen LogP contribution in [0.15, 0.2) is 47.4 Å². The van der Waals surface area contributed by atoms with Crippen LogP contribution >= 0.6 is 0 Å². The lowest BCUT2D eigenvalue weighted by atomic mass is 10.2. The van der Waals surface area contributed by atoms with Crippen LogP contribution in [0.25, 0.3) is 0 Å². The van der Waals surface area contributed by atoms with Gasteiger partial charge in [0.25, 0.3) is 15.9 Å². The van der Waals surface area contributed by atoms with E-state index in [0.717, 1.165) is 18.2 Å². The van der Waals surface area contributed by atoms with E-state index in [4.69, 9.17) is 0 Å². The molecule has 0 spiro atoms. The Morgan fingerprint density at radius 3 is 2.44 bits per heavy atom. The van der Waals surface area contributed by atoms with Crippen molar-refractivity contribution in [3.8, 4) is 0 Å². The molecule has 1 atom stereocenters. The molecule has 1 aliphatic rings. The highest BCUT2D eigenvalue weighted by molar-refractivity contribution is 7.90. The van der Waals surface area contributed by atoms with Crippen LogP contribution in [0.4, 0.5) is 14.5 Å². The average Bonchev–Trinajstić information content (AvgIpc) is 2.77. The molecule has 2 aromatic rings. The summed E-state index contributed by atoms with van der Waals surface area (Å²) in [5.41, 5.74) is -0.0766. The molecule has 0 radical (unpaired) electrons. The van der Waals surface area contributed by atoms with Crippen LogP contribution in [0.3, 0.4) is 0 Å². The SMILES string of the molecule is C[C@H](C(=O)Nc1ccc(F)c(F)c1)N1C(=O)c2ccccc2S1(=O)=O. The molecular weight excluding hydrogens is 354 g/mol. The summed E-state index contributed by atoms with van der Waals surface area (Å²) in [6.45, 7) is 1.23. The summed E-state index contributed by atoms with van der Waals surface area (Å²) in [6.07, 6.45) is 0. The number of benzene rings is 2. The summed E-state index contributed by atoms with van der Waals surface area (Å²) >= 11 is 0. The first-order chi connectivity index (χ1) is 11.7. The summed E-state index contributed by atoms with van der Waals surface area (Å²) in [5, 5.41) is 2.27. The van der Waals surface area contributed by atoms with Gasteiger partial charge in [-0.3, -0.25) is 9.59 Å². The van der Waals surface area contributed by atoms with Crippen molar-refractivity contribution in [1.29, 1.82) is 0 Å². The van der Waals surface area contributed by atoms with Crippen molar-refractivity contribution in [1.82, 2.24) is 4.31 Å². The molecule has 25 heavy (non-hydrogen) atoms. The van der Waals surface area contributed by atoms with E-state index >= 15 is 0 Å². The van der Waals surface area contributed by atoms with Crippen LogP contribution in [0.5, 0.6) is 0 Å². The first-order valence-corrected chi connectivity index (χ1v) is 8.61. The maximum atomic E-state index is 13.2. The normalized spacial score (nSPS) is 16.4. The molecule has 6 nitrogen and oxygen atoms in total. The van der Waals surface area contributed by atoms with Crippen LogP contribution in [0, 0.1) is 11.6 Å². The third-order valence-corrected chi connectivity index (χ3v) is 5.68. The molecule has 0 bridgehead atoms. The molecule has 0 aliphatic carbocycles. The monoisotopic (exact) mass is 366 g/mol. The molecule has 0 saturated heterocycles. The number of nitrogens with zero attached hydrogens (tertiary/aromatic N) is 1. The molecule has 1 N–H and O–H groups in total. The minimum atomic E-state index is -4.16. The lowest BCUT2D eigenvalue weighted by Crippen LogP contribution is -2.45. The highest BCUT2D eigenvalue weighted by Crippen LogP contribution is 2.31. The van der Waals surface area contributed by atoms with Crippen LogP contribution in [0.2, 0.25) is 0 Å². The topological polar surface area (TPSA) is 83.6 Å². The van der Waals surface area contributed by atoms with Gasteiger partial charge >= 0.3 is 0 Å². The fourth-order valence-electron chi connectivity index (χ4n) is 2.51. The Balaban J connectivity index is 1.88. The highest BCUT2D eigenvalue weighted by atomic mass is 32.2. The molecule has 0 saturated carbocycles. The van der Waals surface area contributed by atoms with Crippen molar-refractivity contribution in [3.05, 3.63) is 59.7 Å². The van der Waals surface area contributed by atoms with Gasteiger partial charge in [0.2, 0.25) is 5.91 Å². The fourth-order valence-corrected chi connectivity index (χ4v) is 4.24. The van der Waals surface area contributed by atoms with Crippen LogP contribution in [-0.4, -0.2) is 30.6 Å². The predicted octanol–water partition coefficient (Wildman–Crippen LogP) is 2.14. The number of nitrogens with one attached hydrogen (secondary N) is 1. The molecule has 0 aromatic heterocycles. The highest BCUT2D eigenvalue weighted by Gasteiger charge is 2.45. The van der Waals surface area contributed by atoms with E-state index in [0.29, 0.717) is 4.31 Å². The summed E-state index contributed by atoms with van der Waals surface area (Å²) in [5.74, 6) is -3.92. The summed E-state index contributed by atoms with van der Waals surface area (Å²) in [4.78, 5) is 24.5. The first kappa shape index (κ1) is 17.0. The number of carbonyl (C=O) groups is 2. The Hall–Kier alpha value is -2.81. The fraction of sp³-hybridized carbons (Fsp3) is 0.125. The Labute approximate surface area is 142 Å². The molecule has 0 unspecified atom stereocenters. The number of fused-ring (bicyclic) bond motifs is 1. The van der Waals surface area contributed by atoms with Gasteiger partial charge in [-0.25, -0.2) is 21.5 Å². The number of amides is 2. The van der Waals surface area contributed by atoms with Crippen molar-refractivity contribution >= 4 is 27.5 Å². The number of halogens is 2. The zero-order valence-corrected chi connectivity index (χ0v) is 13.7. The largest absolute Gasteiger partial charge is 0.324 e. The minimum Gasteiger partial charge on any atom is -0.324 e. The second-order valence-electron chi connectivity index (χ2n) is 5.40. The van der Waals surface area contributed by atoms with E-state index in [1.807, 2.05) is 0 Å².